The first kappa shape index (κ1) is 8.69. The molecule has 1 aromatic carbocycles. The van der Waals surface area contributed by atoms with Crippen LogP contribution in [0.5, 0.6) is 0 Å². The number of amidine groups is 1. The summed E-state index contributed by atoms with van der Waals surface area (Å²) in [5.74, 6) is 0.517. The Morgan fingerprint density at radius 2 is 2.00 bits per heavy atom. The Labute approximate surface area is 82.2 Å². The maximum atomic E-state index is 11.3. The highest BCUT2D eigenvalue weighted by Crippen LogP contribution is 2.11. The molecule has 3 nitrogen and oxygen atoms in total. The Hall–Kier alpha value is -1.90. The van der Waals surface area contributed by atoms with Crippen molar-refractivity contribution in [3.8, 4) is 0 Å². The van der Waals surface area contributed by atoms with E-state index in [2.05, 4.69) is 10.3 Å². The predicted octanol–water partition coefficient (Wildman–Crippen LogP) is 1.58. The highest BCUT2D eigenvalue weighted by Gasteiger charge is 2.15. The molecule has 0 fully saturated rings. The molecule has 0 radical (unpaired) electrons. The van der Waals surface area contributed by atoms with Gasteiger partial charge in [-0.1, -0.05) is 30.3 Å². The Morgan fingerprint density at radius 1 is 1.29 bits per heavy atom. The minimum Gasteiger partial charge on any atom is -0.309 e. The van der Waals surface area contributed by atoms with Gasteiger partial charge in [0.25, 0.3) is 5.91 Å². The van der Waals surface area contributed by atoms with E-state index in [1.165, 1.54) is 0 Å². The standard InChI is InChI=1S/C11H10N2O/c1-8-12-10(11(14)13-8)7-9-5-3-2-4-6-9/h2-7H,1H3,(H,12,13,14)/b10-7-. The van der Waals surface area contributed by atoms with Crippen molar-refractivity contribution >= 4 is 17.8 Å². The molecule has 2 rings (SSSR count). The van der Waals surface area contributed by atoms with Gasteiger partial charge in [0.2, 0.25) is 0 Å². The van der Waals surface area contributed by atoms with Gasteiger partial charge in [-0.3, -0.25) is 4.79 Å². The molecule has 1 aliphatic rings. The van der Waals surface area contributed by atoms with Crippen molar-refractivity contribution in [1.29, 1.82) is 0 Å². The zero-order valence-corrected chi connectivity index (χ0v) is 7.82. The van der Waals surface area contributed by atoms with Crippen LogP contribution in [0.1, 0.15) is 12.5 Å². The van der Waals surface area contributed by atoms with Gasteiger partial charge >= 0.3 is 0 Å². The molecular formula is C11H10N2O. The van der Waals surface area contributed by atoms with Crippen molar-refractivity contribution in [3.63, 3.8) is 0 Å². The molecule has 1 heterocycles. The normalized spacial score (nSPS) is 18.2. The average molecular weight is 186 g/mol. The number of carbonyl (C=O) groups is 1. The van der Waals surface area contributed by atoms with Gasteiger partial charge in [-0.25, -0.2) is 4.99 Å². The van der Waals surface area contributed by atoms with Crippen LogP contribution in [0.2, 0.25) is 0 Å². The number of hydrogen-bond acceptors (Lipinski definition) is 2. The van der Waals surface area contributed by atoms with Crippen LogP contribution < -0.4 is 5.32 Å². The fourth-order valence-corrected chi connectivity index (χ4v) is 1.29. The summed E-state index contributed by atoms with van der Waals surface area (Å²) in [6.07, 6.45) is 1.77. The van der Waals surface area contributed by atoms with E-state index in [9.17, 15) is 4.79 Å². The van der Waals surface area contributed by atoms with Crippen molar-refractivity contribution in [2.75, 3.05) is 0 Å². The van der Waals surface area contributed by atoms with Crippen molar-refractivity contribution in [1.82, 2.24) is 5.32 Å². The molecule has 1 aliphatic heterocycles. The number of hydrogen-bond donors (Lipinski definition) is 1. The van der Waals surface area contributed by atoms with E-state index >= 15 is 0 Å². The second-order valence-corrected chi connectivity index (χ2v) is 3.09. The third kappa shape index (κ3) is 1.71. The van der Waals surface area contributed by atoms with Crippen LogP contribution in [0.3, 0.4) is 0 Å². The zero-order chi connectivity index (χ0) is 9.97. The number of benzene rings is 1. The summed E-state index contributed by atoms with van der Waals surface area (Å²) in [5.41, 5.74) is 1.45. The summed E-state index contributed by atoms with van der Waals surface area (Å²) in [4.78, 5) is 15.4. The van der Waals surface area contributed by atoms with E-state index < -0.39 is 0 Å². The highest BCUT2D eigenvalue weighted by atomic mass is 16.2. The molecule has 0 aromatic heterocycles. The lowest BCUT2D eigenvalue weighted by atomic mass is 10.2. The molecule has 0 atom stereocenters. The van der Waals surface area contributed by atoms with Crippen LogP contribution in [0, 0.1) is 0 Å². The van der Waals surface area contributed by atoms with Crippen LogP contribution in [-0.4, -0.2) is 11.7 Å². The van der Waals surface area contributed by atoms with Crippen molar-refractivity contribution in [2.24, 2.45) is 4.99 Å². The number of nitrogens with zero attached hydrogens (tertiary/aromatic N) is 1. The molecule has 1 N–H and O–H groups in total. The highest BCUT2D eigenvalue weighted by molar-refractivity contribution is 6.13. The van der Waals surface area contributed by atoms with Crippen molar-refractivity contribution in [3.05, 3.63) is 41.6 Å². The Balaban J connectivity index is 2.32. The van der Waals surface area contributed by atoms with Crippen LogP contribution in [0.25, 0.3) is 6.08 Å². The van der Waals surface area contributed by atoms with Gasteiger partial charge in [0.1, 0.15) is 11.5 Å². The van der Waals surface area contributed by atoms with Crippen LogP contribution in [0.4, 0.5) is 0 Å². The first-order valence-electron chi connectivity index (χ1n) is 4.39. The lowest BCUT2D eigenvalue weighted by Gasteiger charge is -1.92. The van der Waals surface area contributed by atoms with Gasteiger partial charge in [-0.05, 0) is 18.6 Å². The second-order valence-electron chi connectivity index (χ2n) is 3.09. The summed E-state index contributed by atoms with van der Waals surface area (Å²) >= 11 is 0. The Kier molecular flexibility index (Phi) is 2.14. The summed E-state index contributed by atoms with van der Waals surface area (Å²) in [6.45, 7) is 1.77. The summed E-state index contributed by atoms with van der Waals surface area (Å²) < 4.78 is 0. The van der Waals surface area contributed by atoms with E-state index in [0.717, 1.165) is 5.56 Å². The molecule has 0 unspecified atom stereocenters. The van der Waals surface area contributed by atoms with E-state index in [-0.39, 0.29) is 5.91 Å². The SMILES string of the molecule is CC1=N/C(=C\c2ccccc2)C(=O)N1. The van der Waals surface area contributed by atoms with Gasteiger partial charge < -0.3 is 5.32 Å². The number of rotatable bonds is 1. The number of amides is 1. The predicted molar refractivity (Wildman–Crippen MR) is 55.7 cm³/mol. The largest absolute Gasteiger partial charge is 0.309 e. The molecule has 0 spiro atoms. The number of carbonyl (C=O) groups excluding carboxylic acids is 1. The van der Waals surface area contributed by atoms with Gasteiger partial charge in [0.15, 0.2) is 0 Å². The van der Waals surface area contributed by atoms with Crippen molar-refractivity contribution in [2.45, 2.75) is 6.92 Å². The van der Waals surface area contributed by atoms with Crippen LogP contribution in [-0.2, 0) is 4.79 Å². The molecule has 0 saturated carbocycles. The molecule has 70 valence electrons. The summed E-state index contributed by atoms with van der Waals surface area (Å²) in [5, 5.41) is 2.63. The van der Waals surface area contributed by atoms with Crippen molar-refractivity contribution < 1.29 is 4.79 Å². The Bertz CT molecular complexity index is 418. The lowest BCUT2D eigenvalue weighted by Crippen LogP contribution is -2.21. The van der Waals surface area contributed by atoms with E-state index in [1.54, 1.807) is 13.0 Å². The fourth-order valence-electron chi connectivity index (χ4n) is 1.29. The quantitative estimate of drug-likeness (QED) is 0.664. The van der Waals surface area contributed by atoms with Crippen LogP contribution >= 0.6 is 0 Å². The minimum atomic E-state index is -0.133. The minimum absolute atomic E-state index is 0.133. The molecule has 0 saturated heterocycles. The fraction of sp³-hybridized carbons (Fsp3) is 0.0909. The maximum Gasteiger partial charge on any atom is 0.275 e. The first-order valence-corrected chi connectivity index (χ1v) is 4.39. The molecule has 0 bridgehead atoms. The molecule has 3 heteroatoms. The average Bonchev–Trinajstić information content (AvgIpc) is 2.47. The van der Waals surface area contributed by atoms with Gasteiger partial charge in [-0.15, -0.1) is 0 Å². The molecule has 1 amide bonds. The van der Waals surface area contributed by atoms with E-state index in [1.807, 2.05) is 30.3 Å². The second kappa shape index (κ2) is 3.46. The van der Waals surface area contributed by atoms with E-state index in [4.69, 9.17) is 0 Å². The third-order valence-electron chi connectivity index (χ3n) is 1.92. The van der Waals surface area contributed by atoms with Gasteiger partial charge in [-0.2, -0.15) is 0 Å². The topological polar surface area (TPSA) is 41.5 Å². The first-order chi connectivity index (χ1) is 6.75. The number of nitrogens with one attached hydrogen (secondary N) is 1. The lowest BCUT2D eigenvalue weighted by molar-refractivity contribution is -0.115. The maximum absolute atomic E-state index is 11.3. The molecule has 14 heavy (non-hydrogen) atoms. The molecule has 1 aromatic rings. The summed E-state index contributed by atoms with van der Waals surface area (Å²) in [7, 11) is 0. The van der Waals surface area contributed by atoms with Gasteiger partial charge in [0.05, 0.1) is 0 Å². The molecule has 0 aliphatic carbocycles. The number of aliphatic imine (C=N–C) groups is 1. The summed E-state index contributed by atoms with van der Waals surface area (Å²) in [6, 6.07) is 9.66. The molecular weight excluding hydrogens is 176 g/mol. The smallest absolute Gasteiger partial charge is 0.275 e. The Morgan fingerprint density at radius 3 is 2.57 bits per heavy atom. The third-order valence-corrected chi connectivity index (χ3v) is 1.92. The van der Waals surface area contributed by atoms with E-state index in [0.29, 0.717) is 11.5 Å². The van der Waals surface area contributed by atoms with Crippen LogP contribution in [0.15, 0.2) is 41.0 Å². The monoisotopic (exact) mass is 186 g/mol. The van der Waals surface area contributed by atoms with Gasteiger partial charge in [0, 0.05) is 0 Å². The zero-order valence-electron chi connectivity index (χ0n) is 7.82.